The van der Waals surface area contributed by atoms with E-state index < -0.39 is 5.91 Å². The molecule has 176 valence electrons. The summed E-state index contributed by atoms with van der Waals surface area (Å²) in [5.41, 5.74) is 2.31. The molecule has 2 aromatic carbocycles. The molecule has 34 heavy (non-hydrogen) atoms. The molecule has 0 radical (unpaired) electrons. The predicted octanol–water partition coefficient (Wildman–Crippen LogP) is 5.69. The van der Waals surface area contributed by atoms with Crippen LogP contribution in [-0.2, 0) is 4.79 Å². The monoisotopic (exact) mass is 476 g/mol. The Bertz CT molecular complexity index is 1150. The van der Waals surface area contributed by atoms with Crippen LogP contribution in [-0.4, -0.2) is 40.2 Å². The van der Waals surface area contributed by atoms with Crippen molar-refractivity contribution in [3.8, 4) is 11.5 Å². The molecule has 0 aromatic heterocycles. The third kappa shape index (κ3) is 5.39. The zero-order chi connectivity index (χ0) is 24.1. The van der Waals surface area contributed by atoms with E-state index in [2.05, 4.69) is 36.1 Å². The van der Waals surface area contributed by atoms with E-state index in [1.165, 1.54) is 22.3 Å². The van der Waals surface area contributed by atoms with Crippen LogP contribution >= 0.6 is 11.8 Å². The van der Waals surface area contributed by atoms with Gasteiger partial charge in [-0.2, -0.15) is 15.1 Å². The average molecular weight is 477 g/mol. The molecule has 0 unspecified atom stereocenters. The highest BCUT2D eigenvalue weighted by molar-refractivity contribution is 8.26. The van der Waals surface area contributed by atoms with Gasteiger partial charge in [-0.1, -0.05) is 45.0 Å². The minimum absolute atomic E-state index is 0.0422. The minimum Gasteiger partial charge on any atom is -0.490 e. The number of carbonyl (C=O) groups is 1. The van der Waals surface area contributed by atoms with Crippen molar-refractivity contribution in [2.24, 2.45) is 10.1 Å². The van der Waals surface area contributed by atoms with Gasteiger partial charge in [-0.05, 0) is 72.0 Å². The summed E-state index contributed by atoms with van der Waals surface area (Å²) in [6.07, 6.45) is 3.51. The van der Waals surface area contributed by atoms with Crippen molar-refractivity contribution in [3.63, 3.8) is 0 Å². The predicted molar refractivity (Wildman–Crippen MR) is 138 cm³/mol. The summed E-state index contributed by atoms with van der Waals surface area (Å²) in [5.74, 6) is 1.70. The van der Waals surface area contributed by atoms with Crippen LogP contribution in [0.2, 0.25) is 0 Å². The third-order valence-corrected chi connectivity index (χ3v) is 6.72. The molecule has 0 saturated heterocycles. The molecular formula is C26H28N4O3S. The fourth-order valence-corrected chi connectivity index (χ4v) is 4.27. The van der Waals surface area contributed by atoms with Crippen LogP contribution in [0, 0.1) is 5.41 Å². The van der Waals surface area contributed by atoms with Gasteiger partial charge in [0.05, 0.1) is 5.57 Å². The first-order chi connectivity index (χ1) is 16.5. The normalized spacial score (nSPS) is 17.4. The maximum absolute atomic E-state index is 12.4. The number of aliphatic imine (C=N–C) groups is 1. The van der Waals surface area contributed by atoms with E-state index in [-0.39, 0.29) is 11.4 Å². The number of benzene rings is 2. The summed E-state index contributed by atoms with van der Waals surface area (Å²) >= 11 is 1.33. The Morgan fingerprint density at radius 2 is 1.65 bits per heavy atom. The zero-order valence-corrected chi connectivity index (χ0v) is 20.4. The van der Waals surface area contributed by atoms with Crippen LogP contribution in [0.5, 0.6) is 11.5 Å². The van der Waals surface area contributed by atoms with E-state index in [0.717, 1.165) is 29.2 Å². The third-order valence-electron chi connectivity index (χ3n) is 5.67. The molecule has 4 rings (SSSR count). The number of ether oxygens (including phenoxy) is 2. The second kappa shape index (κ2) is 10.7. The number of nitrogens with one attached hydrogen (secondary N) is 1. The molecule has 7 nitrogen and oxygen atoms in total. The van der Waals surface area contributed by atoms with Gasteiger partial charge in [0.15, 0.2) is 5.84 Å². The molecule has 2 heterocycles. The maximum Gasteiger partial charge on any atom is 0.283 e. The van der Waals surface area contributed by atoms with Gasteiger partial charge in [0.25, 0.3) is 5.91 Å². The molecule has 0 saturated carbocycles. The Hall–Kier alpha value is -3.39. The Labute approximate surface area is 204 Å². The van der Waals surface area contributed by atoms with Gasteiger partial charge in [-0.25, -0.2) is 0 Å². The van der Waals surface area contributed by atoms with Gasteiger partial charge < -0.3 is 9.47 Å². The molecule has 1 atom stereocenters. The van der Waals surface area contributed by atoms with Crippen LogP contribution in [0.3, 0.4) is 0 Å². The van der Waals surface area contributed by atoms with Crippen LogP contribution in [0.4, 0.5) is 0 Å². The molecule has 2 aromatic rings. The molecule has 0 bridgehead atoms. The highest BCUT2D eigenvalue weighted by atomic mass is 32.2. The molecule has 1 amide bonds. The molecule has 0 spiro atoms. The van der Waals surface area contributed by atoms with Crippen molar-refractivity contribution in [1.82, 2.24) is 5.01 Å². The lowest BCUT2D eigenvalue weighted by molar-refractivity contribution is -0.114. The Morgan fingerprint density at radius 1 is 1.03 bits per heavy atom. The minimum atomic E-state index is -0.425. The van der Waals surface area contributed by atoms with Gasteiger partial charge in [0.1, 0.15) is 29.8 Å². The highest BCUT2D eigenvalue weighted by Crippen LogP contribution is 2.29. The molecule has 2 aliphatic rings. The smallest absolute Gasteiger partial charge is 0.283 e. The number of amidine groups is 2. The topological polar surface area (TPSA) is 87.3 Å². The van der Waals surface area contributed by atoms with Gasteiger partial charge >= 0.3 is 0 Å². The number of carbonyl (C=O) groups excluding carboxylic acids is 1. The van der Waals surface area contributed by atoms with Crippen molar-refractivity contribution < 1.29 is 14.3 Å². The Kier molecular flexibility index (Phi) is 7.47. The molecule has 1 N–H and O–H groups in total. The molecule has 8 heteroatoms. The lowest BCUT2D eigenvalue weighted by atomic mass is 9.99. The van der Waals surface area contributed by atoms with Crippen molar-refractivity contribution in [2.75, 3.05) is 13.2 Å². The SMILES string of the molecule is CCC1=NN2C(=N)/C(=C\c3ccc(OCCOc4ccc([C@@H](C)CC)cc4)cc3)C(=O)N=C2S1. The van der Waals surface area contributed by atoms with Crippen LogP contribution in [0.1, 0.15) is 50.7 Å². The molecule has 0 fully saturated rings. The summed E-state index contributed by atoms with van der Waals surface area (Å²) < 4.78 is 11.5. The quantitative estimate of drug-likeness (QED) is 0.371. The van der Waals surface area contributed by atoms with E-state index in [4.69, 9.17) is 14.9 Å². The van der Waals surface area contributed by atoms with E-state index in [1.807, 2.05) is 43.3 Å². The number of thioether (sulfide) groups is 1. The van der Waals surface area contributed by atoms with Crippen molar-refractivity contribution >= 4 is 39.8 Å². The zero-order valence-electron chi connectivity index (χ0n) is 19.6. The summed E-state index contributed by atoms with van der Waals surface area (Å²) in [4.78, 5) is 16.5. The summed E-state index contributed by atoms with van der Waals surface area (Å²) in [6, 6.07) is 15.6. The second-order valence-electron chi connectivity index (χ2n) is 8.01. The van der Waals surface area contributed by atoms with Crippen molar-refractivity contribution in [1.29, 1.82) is 5.41 Å². The number of hydrogen-bond donors (Lipinski definition) is 1. The van der Waals surface area contributed by atoms with Crippen molar-refractivity contribution in [3.05, 3.63) is 65.2 Å². The van der Waals surface area contributed by atoms with E-state index in [0.29, 0.717) is 30.0 Å². The lowest BCUT2D eigenvalue weighted by Gasteiger charge is -2.20. The largest absolute Gasteiger partial charge is 0.490 e. The summed E-state index contributed by atoms with van der Waals surface area (Å²) in [5, 5.41) is 15.5. The first-order valence-electron chi connectivity index (χ1n) is 11.4. The van der Waals surface area contributed by atoms with Crippen LogP contribution in [0.25, 0.3) is 6.08 Å². The number of hydrogen-bond acceptors (Lipinski definition) is 6. The summed E-state index contributed by atoms with van der Waals surface area (Å²) in [6.45, 7) is 7.24. The van der Waals surface area contributed by atoms with Gasteiger partial charge in [-0.3, -0.25) is 10.2 Å². The number of rotatable bonds is 9. The van der Waals surface area contributed by atoms with Gasteiger partial charge in [0.2, 0.25) is 5.17 Å². The van der Waals surface area contributed by atoms with E-state index in [1.54, 1.807) is 6.08 Å². The summed E-state index contributed by atoms with van der Waals surface area (Å²) in [7, 11) is 0. The lowest BCUT2D eigenvalue weighted by Crippen LogP contribution is -2.35. The molecule has 2 aliphatic heterocycles. The number of hydrazone groups is 1. The van der Waals surface area contributed by atoms with E-state index in [9.17, 15) is 4.79 Å². The van der Waals surface area contributed by atoms with Crippen LogP contribution in [0.15, 0.2) is 64.2 Å². The standard InChI is InChI=1S/C26H28N4O3S/c1-4-17(3)19-8-12-21(13-9-19)33-15-14-32-20-10-6-18(7-11-20)16-22-24(27)30-26(28-25(22)31)34-23(5-2)29-30/h6-13,16-17,27H,4-5,14-15H2,1-3H3/b22-16+,27-24?/t17-/m0/s1. The molecule has 0 aliphatic carbocycles. The Morgan fingerprint density at radius 3 is 2.24 bits per heavy atom. The van der Waals surface area contributed by atoms with Crippen LogP contribution < -0.4 is 9.47 Å². The second-order valence-corrected chi connectivity index (χ2v) is 9.05. The van der Waals surface area contributed by atoms with Gasteiger partial charge in [-0.15, -0.1) is 0 Å². The average Bonchev–Trinajstić information content (AvgIpc) is 3.28. The maximum atomic E-state index is 12.4. The number of nitrogens with zero attached hydrogens (tertiary/aromatic N) is 3. The fourth-order valence-electron chi connectivity index (χ4n) is 3.45. The van der Waals surface area contributed by atoms with E-state index >= 15 is 0 Å². The van der Waals surface area contributed by atoms with Crippen molar-refractivity contribution in [2.45, 2.75) is 39.5 Å². The number of amides is 1. The Balaban J connectivity index is 1.30. The number of fused-ring (bicyclic) bond motifs is 1. The highest BCUT2D eigenvalue weighted by Gasteiger charge is 2.35. The first kappa shape index (κ1) is 23.8. The first-order valence-corrected chi connectivity index (χ1v) is 12.2. The van der Waals surface area contributed by atoms with Gasteiger partial charge in [0, 0.05) is 0 Å². The fraction of sp³-hybridized carbons (Fsp3) is 0.308. The molecular weight excluding hydrogens is 448 g/mol.